The second-order valence-electron chi connectivity index (χ2n) is 7.10. The third-order valence-corrected chi connectivity index (χ3v) is 6.79. The first-order valence-corrected chi connectivity index (χ1v) is 11.9. The van der Waals surface area contributed by atoms with E-state index in [1.54, 1.807) is 0 Å². The molecular weight excluding hydrogens is 520 g/mol. The smallest absolute Gasteiger partial charge is 0.744 e. The molecule has 0 saturated heterocycles. The molecule has 170 valence electrons. The van der Waals surface area contributed by atoms with Crippen molar-refractivity contribution >= 4 is 54.6 Å². The van der Waals surface area contributed by atoms with Gasteiger partial charge in [0.1, 0.15) is 15.0 Å². The minimum absolute atomic E-state index is 0. The van der Waals surface area contributed by atoms with Gasteiger partial charge in [-0.15, -0.1) is 0 Å². The largest absolute Gasteiger partial charge is 1.00 e. The van der Waals surface area contributed by atoms with Gasteiger partial charge in [-0.25, -0.2) is 8.42 Å². The summed E-state index contributed by atoms with van der Waals surface area (Å²) in [6, 6.07) is 9.81. The van der Waals surface area contributed by atoms with Crippen LogP contribution < -0.4 is 75.9 Å². The van der Waals surface area contributed by atoms with E-state index in [4.69, 9.17) is 11.5 Å². The van der Waals surface area contributed by atoms with Crippen molar-refractivity contribution < 1.29 is 94.6 Å². The zero-order valence-electron chi connectivity index (χ0n) is 18.4. The molecule has 4 rings (SSSR count). The van der Waals surface area contributed by atoms with Crippen LogP contribution in [-0.4, -0.2) is 37.5 Å². The van der Waals surface area contributed by atoms with Crippen LogP contribution in [0.3, 0.4) is 0 Å². The van der Waals surface area contributed by atoms with Gasteiger partial charge in [-0.05, 0) is 24.3 Å². The molecule has 0 aromatic heterocycles. The molecule has 0 spiro atoms. The summed E-state index contributed by atoms with van der Waals surface area (Å²) in [6.45, 7) is 0. The van der Waals surface area contributed by atoms with Gasteiger partial charge in [0, 0.05) is 16.8 Å². The number of ketones is 2. The normalized spacial score (nSPS) is 12.6. The van der Waals surface area contributed by atoms with Gasteiger partial charge in [0.15, 0.2) is 11.6 Å². The molecule has 0 aliphatic heterocycles. The molecule has 0 bridgehead atoms. The molecule has 11 nitrogen and oxygen atoms in total. The van der Waals surface area contributed by atoms with Crippen LogP contribution in [0.2, 0.25) is 0 Å². The first-order valence-electron chi connectivity index (χ1n) is 9.05. The molecular formula is C20H14N3Na2O8S2+. The predicted molar refractivity (Wildman–Crippen MR) is 116 cm³/mol. The van der Waals surface area contributed by atoms with Gasteiger partial charge in [-0.2, -0.15) is 8.42 Å². The molecule has 3 aromatic rings. The number of hydrogen-bond donors (Lipinski definition) is 4. The van der Waals surface area contributed by atoms with E-state index < -0.39 is 52.8 Å². The fourth-order valence-corrected chi connectivity index (χ4v) is 4.92. The van der Waals surface area contributed by atoms with Crippen LogP contribution in [-0.2, 0) is 20.2 Å². The number of benzene rings is 3. The fraction of sp³-hybridized carbons (Fsp3) is 0. The number of hydrogen-bond acceptors (Lipinski definition) is 10. The van der Waals surface area contributed by atoms with Crippen LogP contribution in [0.15, 0.2) is 58.3 Å². The van der Waals surface area contributed by atoms with Crippen LogP contribution in [0, 0.1) is 0 Å². The van der Waals surface area contributed by atoms with Crippen molar-refractivity contribution in [1.29, 1.82) is 0 Å². The summed E-state index contributed by atoms with van der Waals surface area (Å²) in [5.74, 6) is -1.51. The Labute approximate surface area is 244 Å². The number of rotatable bonds is 4. The maximum absolute atomic E-state index is 13.3. The first-order chi connectivity index (χ1) is 15.3. The Hall–Kier alpha value is -1.78. The van der Waals surface area contributed by atoms with E-state index >= 15 is 0 Å². The molecule has 3 aromatic carbocycles. The number of anilines is 4. The van der Waals surface area contributed by atoms with Gasteiger partial charge in [0.05, 0.1) is 33.1 Å². The van der Waals surface area contributed by atoms with Crippen molar-refractivity contribution in [2.45, 2.75) is 9.79 Å². The fourth-order valence-electron chi connectivity index (χ4n) is 3.60. The summed E-state index contributed by atoms with van der Waals surface area (Å²) in [5, 5.41) is 2.53. The maximum atomic E-state index is 13.3. The van der Waals surface area contributed by atoms with Gasteiger partial charge in [0.25, 0.3) is 10.1 Å². The topological polar surface area (TPSA) is 210 Å². The Morgan fingerprint density at radius 2 is 1.31 bits per heavy atom. The molecule has 35 heavy (non-hydrogen) atoms. The molecule has 0 saturated carbocycles. The van der Waals surface area contributed by atoms with Crippen LogP contribution in [0.4, 0.5) is 22.7 Å². The van der Waals surface area contributed by atoms with Crippen LogP contribution in [0.1, 0.15) is 31.8 Å². The molecule has 6 N–H and O–H groups in total. The van der Waals surface area contributed by atoms with Crippen molar-refractivity contribution in [2.75, 3.05) is 16.8 Å². The zero-order chi connectivity index (χ0) is 24.3. The standard InChI is InChI=1S/C20H15N3O8S2.2Na/c21-9-5-6-12(14(7-9)32(26,27)28)23-13-8-15(33(29,30)31)18(22)17-16(13)19(24)10-3-1-2-4-11(10)20(17)25;;/h1-8,23H,21-22H2,(H,26,27,28)(H,29,30,31);;/q;2*+1/p-1. The first kappa shape index (κ1) is 29.5. The summed E-state index contributed by atoms with van der Waals surface area (Å²) in [5.41, 5.74) is 9.12. The molecule has 0 atom stereocenters. The second kappa shape index (κ2) is 10.3. The van der Waals surface area contributed by atoms with Crippen LogP contribution >= 0.6 is 0 Å². The van der Waals surface area contributed by atoms with E-state index in [2.05, 4.69) is 5.32 Å². The summed E-state index contributed by atoms with van der Waals surface area (Å²) in [4.78, 5) is 24.7. The Kier molecular flexibility index (Phi) is 8.67. The van der Waals surface area contributed by atoms with E-state index in [0.29, 0.717) is 0 Å². The quantitative estimate of drug-likeness (QED) is 0.111. The van der Waals surface area contributed by atoms with Gasteiger partial charge < -0.3 is 21.3 Å². The summed E-state index contributed by atoms with van der Waals surface area (Å²) < 4.78 is 68.7. The van der Waals surface area contributed by atoms with Crippen LogP contribution in [0.5, 0.6) is 0 Å². The molecule has 0 amide bonds. The Balaban J connectivity index is 0.00000216. The SMILES string of the molecule is Nc1ccc(Nc2cc(S(=O)(=O)[O-])c(N)c3c2C(=O)c2ccccc2C3=O)c(S(=O)(=O)O)c1.[Na+].[Na+]. The van der Waals surface area contributed by atoms with Crippen molar-refractivity contribution in [3.63, 3.8) is 0 Å². The predicted octanol–water partition coefficient (Wildman–Crippen LogP) is -4.47. The molecule has 0 heterocycles. The number of carbonyl (C=O) groups excluding carboxylic acids is 2. The van der Waals surface area contributed by atoms with Crippen molar-refractivity contribution in [1.82, 2.24) is 0 Å². The molecule has 1 aliphatic carbocycles. The van der Waals surface area contributed by atoms with Crippen molar-refractivity contribution in [3.8, 4) is 0 Å². The molecule has 15 heteroatoms. The van der Waals surface area contributed by atoms with Gasteiger partial charge >= 0.3 is 59.1 Å². The summed E-state index contributed by atoms with van der Waals surface area (Å²) in [6.07, 6.45) is 0. The third-order valence-electron chi connectivity index (χ3n) is 5.02. The average Bonchev–Trinajstić information content (AvgIpc) is 2.72. The molecule has 0 fully saturated rings. The molecule has 0 radical (unpaired) electrons. The average molecular weight is 534 g/mol. The number of nitrogens with two attached hydrogens (primary N) is 2. The minimum Gasteiger partial charge on any atom is -0.744 e. The number of nitrogens with one attached hydrogen (secondary N) is 1. The zero-order valence-corrected chi connectivity index (χ0v) is 24.0. The number of nitrogen functional groups attached to an aromatic ring is 2. The van der Waals surface area contributed by atoms with Gasteiger partial charge in [-0.1, -0.05) is 24.3 Å². The van der Waals surface area contributed by atoms with Gasteiger partial charge in [-0.3, -0.25) is 14.1 Å². The molecule has 0 unspecified atom stereocenters. The second-order valence-corrected chi connectivity index (χ2v) is 9.84. The van der Waals surface area contributed by atoms with E-state index in [9.17, 15) is 35.5 Å². The monoisotopic (exact) mass is 534 g/mol. The van der Waals surface area contributed by atoms with Crippen LogP contribution in [0.25, 0.3) is 0 Å². The van der Waals surface area contributed by atoms with E-state index in [1.807, 2.05) is 0 Å². The van der Waals surface area contributed by atoms with E-state index in [1.165, 1.54) is 30.3 Å². The number of carbonyl (C=O) groups is 2. The Bertz CT molecular complexity index is 1610. The minimum atomic E-state index is -5.21. The van der Waals surface area contributed by atoms with E-state index in [0.717, 1.165) is 18.2 Å². The third kappa shape index (κ3) is 5.34. The number of fused-ring (bicyclic) bond motifs is 2. The van der Waals surface area contributed by atoms with E-state index in [-0.39, 0.29) is 92.9 Å². The molecule has 1 aliphatic rings. The van der Waals surface area contributed by atoms with Gasteiger partial charge in [0.2, 0.25) is 0 Å². The van der Waals surface area contributed by atoms with Crippen molar-refractivity contribution in [2.24, 2.45) is 0 Å². The Morgan fingerprint density at radius 1 is 0.771 bits per heavy atom. The van der Waals surface area contributed by atoms with Crippen molar-refractivity contribution in [3.05, 3.63) is 70.8 Å². The Morgan fingerprint density at radius 3 is 1.83 bits per heavy atom. The summed E-state index contributed by atoms with van der Waals surface area (Å²) >= 11 is 0. The maximum Gasteiger partial charge on any atom is 1.00 e. The summed E-state index contributed by atoms with van der Waals surface area (Å²) in [7, 11) is -10.0.